The van der Waals surface area contributed by atoms with Gasteiger partial charge in [0.1, 0.15) is 11.6 Å². The number of benzene rings is 1. The first-order chi connectivity index (χ1) is 16.9. The number of aromatic nitrogens is 1. The van der Waals surface area contributed by atoms with Gasteiger partial charge >= 0.3 is 0 Å². The van der Waals surface area contributed by atoms with Gasteiger partial charge in [0.25, 0.3) is 0 Å². The number of pyridine rings is 1. The summed E-state index contributed by atoms with van der Waals surface area (Å²) in [5.74, 6) is -0.128. The molecule has 1 aromatic carbocycles. The Bertz CT molecular complexity index is 1080. The summed E-state index contributed by atoms with van der Waals surface area (Å²) in [6.45, 7) is 0.819. The van der Waals surface area contributed by atoms with Gasteiger partial charge in [-0.2, -0.15) is 0 Å². The van der Waals surface area contributed by atoms with Gasteiger partial charge in [0.15, 0.2) is 0 Å². The lowest BCUT2D eigenvalue weighted by Gasteiger charge is -2.31. The van der Waals surface area contributed by atoms with E-state index in [1.165, 1.54) is 13.2 Å². The van der Waals surface area contributed by atoms with Gasteiger partial charge < -0.3 is 20.3 Å². The fourth-order valence-corrected chi connectivity index (χ4v) is 4.89. The van der Waals surface area contributed by atoms with Crippen LogP contribution in [0.5, 0.6) is 5.75 Å². The molecule has 1 aromatic heterocycles. The van der Waals surface area contributed by atoms with Gasteiger partial charge in [0.05, 0.1) is 7.11 Å². The first kappa shape index (κ1) is 24.6. The van der Waals surface area contributed by atoms with Crippen molar-refractivity contribution < 1.29 is 23.5 Å². The molecule has 3 amide bonds. The maximum atomic E-state index is 14.7. The van der Waals surface area contributed by atoms with Crippen LogP contribution >= 0.6 is 0 Å². The summed E-state index contributed by atoms with van der Waals surface area (Å²) in [7, 11) is 1.48. The van der Waals surface area contributed by atoms with Crippen molar-refractivity contribution in [2.45, 2.75) is 63.1 Å². The molecule has 2 aliphatic heterocycles. The smallest absolute Gasteiger partial charge is 0.223 e. The molecule has 0 radical (unpaired) electrons. The van der Waals surface area contributed by atoms with Crippen LogP contribution in [-0.2, 0) is 27.3 Å². The molecule has 4 rings (SSSR count). The van der Waals surface area contributed by atoms with Crippen molar-refractivity contribution in [2.75, 3.05) is 13.7 Å². The number of amides is 3. The number of hydrogen-bond donors (Lipinski definition) is 2. The van der Waals surface area contributed by atoms with Gasteiger partial charge in [0.2, 0.25) is 17.7 Å². The maximum absolute atomic E-state index is 14.7. The zero-order valence-electron chi connectivity index (χ0n) is 19.9. The highest BCUT2D eigenvalue weighted by Crippen LogP contribution is 2.31. The van der Waals surface area contributed by atoms with Crippen molar-refractivity contribution in [1.29, 1.82) is 0 Å². The number of ether oxygens (including phenoxy) is 1. The van der Waals surface area contributed by atoms with Crippen LogP contribution in [-0.4, -0.2) is 52.8 Å². The van der Waals surface area contributed by atoms with E-state index in [0.717, 1.165) is 5.56 Å². The summed E-state index contributed by atoms with van der Waals surface area (Å²) >= 11 is 0. The average molecular weight is 483 g/mol. The molecule has 186 valence electrons. The molecule has 8 nitrogen and oxygen atoms in total. The largest absolute Gasteiger partial charge is 0.497 e. The Balaban J connectivity index is 1.47. The van der Waals surface area contributed by atoms with Crippen molar-refractivity contribution in [3.63, 3.8) is 0 Å². The predicted octanol–water partition coefficient (Wildman–Crippen LogP) is 2.51. The highest BCUT2D eigenvalue weighted by Gasteiger charge is 2.39. The van der Waals surface area contributed by atoms with Crippen molar-refractivity contribution in [2.24, 2.45) is 0 Å². The summed E-state index contributed by atoms with van der Waals surface area (Å²) in [4.78, 5) is 43.0. The Morgan fingerprint density at radius 2 is 2.00 bits per heavy atom. The summed E-state index contributed by atoms with van der Waals surface area (Å²) in [5, 5.41) is 5.95. The number of nitrogens with one attached hydrogen (secondary N) is 2. The first-order valence-electron chi connectivity index (χ1n) is 12.0. The zero-order valence-corrected chi connectivity index (χ0v) is 19.9. The van der Waals surface area contributed by atoms with Crippen LogP contribution in [0.3, 0.4) is 0 Å². The normalized spacial score (nSPS) is 21.5. The van der Waals surface area contributed by atoms with E-state index in [9.17, 15) is 18.8 Å². The highest BCUT2D eigenvalue weighted by molar-refractivity contribution is 5.81. The van der Waals surface area contributed by atoms with Crippen molar-refractivity contribution >= 4 is 17.7 Å². The molecule has 2 aromatic rings. The zero-order chi connectivity index (χ0) is 24.8. The minimum Gasteiger partial charge on any atom is -0.497 e. The Hall–Kier alpha value is -3.49. The number of rotatable bonds is 10. The van der Waals surface area contributed by atoms with Crippen LogP contribution < -0.4 is 15.4 Å². The van der Waals surface area contributed by atoms with Gasteiger partial charge in [-0.3, -0.25) is 19.4 Å². The molecule has 0 spiro atoms. The topological polar surface area (TPSA) is 101 Å². The van der Waals surface area contributed by atoms with Crippen LogP contribution in [0.15, 0.2) is 42.7 Å². The molecule has 0 bridgehead atoms. The molecule has 2 N–H and O–H groups in total. The number of nitrogens with zero attached hydrogens (tertiary/aromatic N) is 2. The van der Waals surface area contributed by atoms with Gasteiger partial charge in [-0.05, 0) is 55.0 Å². The third-order valence-electron chi connectivity index (χ3n) is 6.84. The quantitative estimate of drug-likeness (QED) is 0.542. The van der Waals surface area contributed by atoms with Gasteiger partial charge in [-0.15, -0.1) is 0 Å². The van der Waals surface area contributed by atoms with E-state index >= 15 is 0 Å². The second kappa shape index (κ2) is 10.8. The number of carbonyl (C=O) groups excluding carboxylic acids is 3. The molecule has 0 unspecified atom stereocenters. The van der Waals surface area contributed by atoms with E-state index in [2.05, 4.69) is 15.6 Å². The van der Waals surface area contributed by atoms with Crippen LogP contribution in [0.25, 0.3) is 0 Å². The second-order valence-corrected chi connectivity index (χ2v) is 9.40. The molecular formula is C26H31FN4O4. The lowest BCUT2D eigenvalue weighted by Crippen LogP contribution is -2.46. The van der Waals surface area contributed by atoms with Crippen molar-refractivity contribution in [1.82, 2.24) is 20.5 Å². The lowest BCUT2D eigenvalue weighted by molar-refractivity contribution is -0.133. The molecule has 2 aliphatic rings. The molecule has 3 heterocycles. The average Bonchev–Trinajstić information content (AvgIpc) is 3.44. The van der Waals surface area contributed by atoms with Crippen LogP contribution in [0.2, 0.25) is 0 Å². The van der Waals surface area contributed by atoms with E-state index in [4.69, 9.17) is 4.74 Å². The molecule has 2 fully saturated rings. The molecule has 9 heteroatoms. The molecule has 2 saturated heterocycles. The Morgan fingerprint density at radius 1 is 1.20 bits per heavy atom. The molecule has 2 atom stereocenters. The lowest BCUT2D eigenvalue weighted by atomic mass is 9.84. The first-order valence-corrected chi connectivity index (χ1v) is 12.0. The van der Waals surface area contributed by atoms with E-state index in [0.29, 0.717) is 62.9 Å². The number of hydrogen-bond acceptors (Lipinski definition) is 5. The van der Waals surface area contributed by atoms with Gasteiger partial charge in [-0.1, -0.05) is 6.07 Å². The highest BCUT2D eigenvalue weighted by atomic mass is 19.1. The maximum Gasteiger partial charge on any atom is 0.223 e. The van der Waals surface area contributed by atoms with Gasteiger partial charge in [-0.25, -0.2) is 4.39 Å². The van der Waals surface area contributed by atoms with Crippen molar-refractivity contribution in [3.8, 4) is 5.75 Å². The van der Waals surface area contributed by atoms with Crippen LogP contribution in [0.4, 0.5) is 4.39 Å². The Morgan fingerprint density at radius 3 is 2.63 bits per heavy atom. The number of halogens is 1. The second-order valence-electron chi connectivity index (χ2n) is 9.40. The minimum atomic E-state index is -0.688. The summed E-state index contributed by atoms with van der Waals surface area (Å²) < 4.78 is 19.8. The van der Waals surface area contributed by atoms with E-state index in [1.54, 1.807) is 29.4 Å². The Kier molecular flexibility index (Phi) is 7.63. The van der Waals surface area contributed by atoms with E-state index < -0.39 is 11.4 Å². The summed E-state index contributed by atoms with van der Waals surface area (Å²) in [5.41, 5.74) is 0.733. The predicted molar refractivity (Wildman–Crippen MR) is 127 cm³/mol. The Labute approximate surface area is 204 Å². The van der Waals surface area contributed by atoms with Crippen LogP contribution in [0, 0.1) is 5.82 Å². The van der Waals surface area contributed by atoms with E-state index in [1.807, 2.05) is 12.1 Å². The van der Waals surface area contributed by atoms with Gasteiger partial charge in [0, 0.05) is 62.4 Å². The molecule has 35 heavy (non-hydrogen) atoms. The fourth-order valence-electron chi connectivity index (χ4n) is 4.89. The van der Waals surface area contributed by atoms with E-state index in [-0.39, 0.29) is 30.2 Å². The summed E-state index contributed by atoms with van der Waals surface area (Å²) in [6.07, 6.45) is 6.29. The van der Waals surface area contributed by atoms with Crippen LogP contribution in [0.1, 0.15) is 49.7 Å². The van der Waals surface area contributed by atoms with Crippen molar-refractivity contribution in [3.05, 3.63) is 59.7 Å². The standard InChI is InChI=1S/C26H31FN4O4/c1-35-21-4-2-19(22(27)14-21)15-26(10-6-24(33)30-26)11-7-25(34)31(16-18-8-12-28-13-9-18)17-20-3-5-23(32)29-20/h2,4,8-9,12-14,20H,3,5-7,10-11,15-17H2,1H3,(H,29,32)(H,30,33)/t20-,26+/m0/s1. The third-order valence-corrected chi connectivity index (χ3v) is 6.84. The minimum absolute atomic E-state index is 0.000416. The SMILES string of the molecule is COc1ccc(C[C@]2(CCC(=O)N(Cc3ccncc3)C[C@@H]3CCC(=O)N3)CCC(=O)N2)c(F)c1. The molecule has 0 saturated carbocycles. The summed E-state index contributed by atoms with van der Waals surface area (Å²) in [6, 6.07) is 8.33. The molecule has 0 aliphatic carbocycles. The number of carbonyl (C=O) groups is 3. The third kappa shape index (κ3) is 6.35. The molecular weight excluding hydrogens is 451 g/mol. The number of methoxy groups -OCH3 is 1. The monoisotopic (exact) mass is 482 g/mol. The fraction of sp³-hybridized carbons (Fsp3) is 0.462.